The minimum Gasteiger partial charge on any atom is -0.327 e. The Labute approximate surface area is 139 Å². The second kappa shape index (κ2) is 5.78. The molecule has 1 aliphatic rings. The molecule has 3 nitrogen and oxygen atoms in total. The van der Waals surface area contributed by atoms with Gasteiger partial charge in [-0.2, -0.15) is 13.2 Å². The number of hydrogen-bond donors (Lipinski definition) is 1. The monoisotopic (exact) mass is 354 g/mol. The number of benzene rings is 1. The number of anilines is 1. The molecule has 3 rings (SSSR count). The van der Waals surface area contributed by atoms with E-state index in [9.17, 15) is 18.0 Å². The van der Waals surface area contributed by atoms with Gasteiger partial charge in [0.25, 0.3) is 5.91 Å². The third-order valence-electron chi connectivity index (χ3n) is 3.16. The summed E-state index contributed by atoms with van der Waals surface area (Å²) in [6, 6.07) is 8.45. The van der Waals surface area contributed by atoms with Crippen LogP contribution in [0.1, 0.15) is 10.4 Å². The van der Waals surface area contributed by atoms with Crippen molar-refractivity contribution in [1.29, 1.82) is 0 Å². The number of para-hydroxylation sites is 1. The van der Waals surface area contributed by atoms with Gasteiger partial charge in [-0.3, -0.25) is 9.69 Å². The van der Waals surface area contributed by atoms with Crippen LogP contribution >= 0.6 is 23.6 Å². The van der Waals surface area contributed by atoms with Crippen LogP contribution in [0.15, 0.2) is 47.5 Å². The lowest BCUT2D eigenvalue weighted by Crippen LogP contribution is -2.32. The molecule has 1 fully saturated rings. The molecule has 0 atom stereocenters. The van der Waals surface area contributed by atoms with Crippen LogP contribution in [0.5, 0.6) is 0 Å². The van der Waals surface area contributed by atoms with Crippen LogP contribution in [-0.4, -0.2) is 11.0 Å². The third kappa shape index (κ3) is 2.99. The van der Waals surface area contributed by atoms with E-state index in [2.05, 4.69) is 5.32 Å². The number of nitrogens with zero attached hydrogens (tertiary/aromatic N) is 1. The summed E-state index contributed by atoms with van der Waals surface area (Å²) in [6.07, 6.45) is -3.01. The van der Waals surface area contributed by atoms with E-state index in [1.807, 2.05) is 11.4 Å². The summed E-state index contributed by atoms with van der Waals surface area (Å²) < 4.78 is 39.4. The number of thiocarbonyl (C=S) groups is 1. The Balaban J connectivity index is 2.02. The summed E-state index contributed by atoms with van der Waals surface area (Å²) >= 11 is 6.45. The number of amides is 1. The molecule has 0 bridgehead atoms. The quantitative estimate of drug-likeness (QED) is 0.653. The highest BCUT2D eigenvalue weighted by atomic mass is 32.1. The molecule has 0 radical (unpaired) electrons. The van der Waals surface area contributed by atoms with Crippen LogP contribution in [0.25, 0.3) is 6.08 Å². The van der Waals surface area contributed by atoms with Crippen molar-refractivity contribution in [3.8, 4) is 0 Å². The molecule has 1 saturated heterocycles. The fraction of sp³-hybridized carbons (Fsp3) is 0.0667. The highest BCUT2D eigenvalue weighted by Gasteiger charge is 2.40. The molecule has 1 aromatic carbocycles. The van der Waals surface area contributed by atoms with Gasteiger partial charge >= 0.3 is 6.18 Å². The van der Waals surface area contributed by atoms with E-state index in [-0.39, 0.29) is 16.5 Å². The Morgan fingerprint density at radius 1 is 1.17 bits per heavy atom. The molecule has 1 aromatic heterocycles. The first-order valence-corrected chi connectivity index (χ1v) is 7.73. The van der Waals surface area contributed by atoms with E-state index < -0.39 is 17.6 Å². The molecular weight excluding hydrogens is 345 g/mol. The summed E-state index contributed by atoms with van der Waals surface area (Å²) in [7, 11) is 0. The lowest BCUT2D eigenvalue weighted by Gasteiger charge is -2.19. The molecule has 1 aliphatic heterocycles. The van der Waals surface area contributed by atoms with Gasteiger partial charge in [0.15, 0.2) is 5.11 Å². The van der Waals surface area contributed by atoms with Gasteiger partial charge in [0.2, 0.25) is 0 Å². The summed E-state index contributed by atoms with van der Waals surface area (Å²) in [5, 5.41) is 4.44. The first-order chi connectivity index (χ1) is 10.9. The highest BCUT2D eigenvalue weighted by Crippen LogP contribution is 2.37. The maximum atomic E-state index is 13.1. The lowest BCUT2D eigenvalue weighted by molar-refractivity contribution is -0.137. The Morgan fingerprint density at radius 3 is 2.57 bits per heavy atom. The average Bonchev–Trinajstić information content (AvgIpc) is 3.08. The maximum absolute atomic E-state index is 13.1. The van der Waals surface area contributed by atoms with Gasteiger partial charge in [-0.05, 0) is 41.9 Å². The summed E-state index contributed by atoms with van der Waals surface area (Å²) in [6.45, 7) is 0. The van der Waals surface area contributed by atoms with Crippen LogP contribution in [0, 0.1) is 0 Å². The lowest BCUT2D eigenvalue weighted by atomic mass is 10.1. The van der Waals surface area contributed by atoms with Crippen molar-refractivity contribution in [2.24, 2.45) is 0 Å². The van der Waals surface area contributed by atoms with Crippen LogP contribution in [-0.2, 0) is 11.0 Å². The number of carbonyl (C=O) groups is 1. The summed E-state index contributed by atoms with van der Waals surface area (Å²) in [5.74, 6) is -0.611. The fourth-order valence-electron chi connectivity index (χ4n) is 2.18. The Kier molecular flexibility index (Phi) is 3.95. The number of rotatable bonds is 2. The highest BCUT2D eigenvalue weighted by molar-refractivity contribution is 7.80. The summed E-state index contributed by atoms with van der Waals surface area (Å²) in [5.41, 5.74) is -1.04. The Bertz CT molecular complexity index is 797. The minimum atomic E-state index is -4.58. The number of nitrogens with one attached hydrogen (secondary N) is 1. The number of hydrogen-bond acceptors (Lipinski definition) is 3. The van der Waals surface area contributed by atoms with Crippen LogP contribution in [0.2, 0.25) is 0 Å². The second-order valence-corrected chi connectivity index (χ2v) is 6.03. The zero-order valence-corrected chi connectivity index (χ0v) is 13.1. The number of carbonyl (C=O) groups excluding carboxylic acids is 1. The molecule has 2 heterocycles. The van der Waals surface area contributed by atoms with Crippen molar-refractivity contribution < 1.29 is 18.0 Å². The van der Waals surface area contributed by atoms with Gasteiger partial charge in [-0.25, -0.2) is 0 Å². The van der Waals surface area contributed by atoms with Gasteiger partial charge in [-0.15, -0.1) is 11.3 Å². The average molecular weight is 354 g/mol. The SMILES string of the molecule is O=C1C(=Cc2cccs2)NC(=S)N1c1ccccc1C(F)(F)F. The van der Waals surface area contributed by atoms with Gasteiger partial charge in [0, 0.05) is 4.88 Å². The van der Waals surface area contributed by atoms with Crippen molar-refractivity contribution >= 4 is 46.3 Å². The molecule has 1 N–H and O–H groups in total. The molecule has 1 amide bonds. The molecule has 0 saturated carbocycles. The van der Waals surface area contributed by atoms with Gasteiger partial charge < -0.3 is 5.32 Å². The van der Waals surface area contributed by atoms with Crippen molar-refractivity contribution in [2.45, 2.75) is 6.18 Å². The number of halogens is 3. The molecule has 0 unspecified atom stereocenters. The molecule has 8 heteroatoms. The number of thiophene rings is 1. The van der Waals surface area contributed by atoms with E-state index in [0.29, 0.717) is 0 Å². The largest absolute Gasteiger partial charge is 0.418 e. The first-order valence-electron chi connectivity index (χ1n) is 6.45. The molecule has 118 valence electrons. The van der Waals surface area contributed by atoms with Crippen LogP contribution < -0.4 is 10.2 Å². The van der Waals surface area contributed by atoms with Crippen LogP contribution in [0.3, 0.4) is 0 Å². The first kappa shape index (κ1) is 15.7. The summed E-state index contributed by atoms with van der Waals surface area (Å²) in [4.78, 5) is 14.1. The van der Waals surface area contributed by atoms with Gasteiger partial charge in [0.1, 0.15) is 5.70 Å². The van der Waals surface area contributed by atoms with Crippen molar-refractivity contribution in [3.05, 3.63) is 57.9 Å². The molecule has 0 aliphatic carbocycles. The van der Waals surface area contributed by atoms with Crippen molar-refractivity contribution in [1.82, 2.24) is 5.32 Å². The van der Waals surface area contributed by atoms with Gasteiger partial charge in [-0.1, -0.05) is 18.2 Å². The zero-order chi connectivity index (χ0) is 16.6. The molecule has 23 heavy (non-hydrogen) atoms. The molecule has 0 spiro atoms. The predicted molar refractivity (Wildman–Crippen MR) is 87.0 cm³/mol. The number of alkyl halides is 3. The maximum Gasteiger partial charge on any atom is 0.418 e. The Hall–Kier alpha value is -2.19. The predicted octanol–water partition coefficient (Wildman–Crippen LogP) is 4.03. The van der Waals surface area contributed by atoms with Crippen LogP contribution in [0.4, 0.5) is 18.9 Å². The van der Waals surface area contributed by atoms with E-state index >= 15 is 0 Å². The standard InChI is InChI=1S/C15H9F3N2OS2/c16-15(17,18)10-5-1-2-6-12(10)20-13(21)11(19-14(20)22)8-9-4-3-7-23-9/h1-8H,(H,19,22). The third-order valence-corrected chi connectivity index (χ3v) is 4.26. The van der Waals surface area contributed by atoms with E-state index in [4.69, 9.17) is 12.2 Å². The second-order valence-electron chi connectivity index (χ2n) is 4.66. The van der Waals surface area contributed by atoms with Crippen molar-refractivity contribution in [2.75, 3.05) is 4.90 Å². The fourth-order valence-corrected chi connectivity index (χ4v) is 3.13. The molecule has 2 aromatic rings. The van der Waals surface area contributed by atoms with E-state index in [1.54, 1.807) is 12.1 Å². The normalized spacial score (nSPS) is 17.0. The Morgan fingerprint density at radius 2 is 1.91 bits per heavy atom. The van der Waals surface area contributed by atoms with E-state index in [1.165, 1.54) is 29.5 Å². The van der Waals surface area contributed by atoms with Gasteiger partial charge in [0.05, 0.1) is 11.3 Å². The van der Waals surface area contributed by atoms with Crippen molar-refractivity contribution in [3.63, 3.8) is 0 Å². The zero-order valence-electron chi connectivity index (χ0n) is 11.4. The topological polar surface area (TPSA) is 32.3 Å². The van der Waals surface area contributed by atoms with E-state index in [0.717, 1.165) is 15.8 Å². The minimum absolute atomic E-state index is 0.0745. The smallest absolute Gasteiger partial charge is 0.327 e. The molecular formula is C15H9F3N2OS2.